The molecule has 0 aromatic heterocycles. The molecule has 6 nitrogen and oxygen atoms in total. The fourth-order valence-electron chi connectivity index (χ4n) is 8.35. The van der Waals surface area contributed by atoms with Gasteiger partial charge in [-0.05, 0) is 106 Å². The quantitative estimate of drug-likeness (QED) is 0.625. The molecule has 7 aliphatic rings. The van der Waals surface area contributed by atoms with Crippen LogP contribution >= 0.6 is 0 Å². The smallest absolute Gasteiger partial charge is 0.210 e. The summed E-state index contributed by atoms with van der Waals surface area (Å²) in [5.41, 5.74) is 0.593. The van der Waals surface area contributed by atoms with E-state index in [1.54, 1.807) is 0 Å². The largest absolute Gasteiger partial charge is 0.491 e. The van der Waals surface area contributed by atoms with Gasteiger partial charge >= 0.3 is 0 Å². The molecular weight excluding hydrogens is 430 g/mol. The fraction of sp³-hybridized carbons (Fsp3) is 0.786. The van der Waals surface area contributed by atoms with Crippen LogP contribution in [0.2, 0.25) is 0 Å². The molecule has 2 atom stereocenters. The van der Waals surface area contributed by atoms with E-state index in [0.717, 1.165) is 69.2 Å². The van der Waals surface area contributed by atoms with Gasteiger partial charge in [0.05, 0.1) is 0 Å². The number of rotatable bonds is 4. The van der Waals surface area contributed by atoms with Gasteiger partial charge in [0.1, 0.15) is 18.0 Å². The Hall–Kier alpha value is -1.18. The number of benzene rings is 1. The van der Waals surface area contributed by atoms with E-state index in [4.69, 9.17) is 19.2 Å². The van der Waals surface area contributed by atoms with E-state index in [1.807, 2.05) is 12.1 Å². The maximum atomic E-state index is 10.7. The van der Waals surface area contributed by atoms with Crippen molar-refractivity contribution in [2.45, 2.75) is 93.7 Å². The van der Waals surface area contributed by atoms with Gasteiger partial charge in [-0.2, -0.15) is 9.78 Å². The SMILES string of the molecule is OC1(COc2ccc([C@@H]3CCC[C@]4(C3)OOC3(O4)C4CC5CC(C4)CC3C5)cc2)CCNCC1. The van der Waals surface area contributed by atoms with E-state index in [-0.39, 0.29) is 0 Å². The first kappa shape index (κ1) is 22.1. The van der Waals surface area contributed by atoms with E-state index in [9.17, 15) is 5.11 Å². The molecule has 7 fully saturated rings. The molecule has 5 aliphatic carbocycles. The third kappa shape index (κ3) is 3.72. The Bertz CT molecular complexity index is 869. The molecule has 4 bridgehead atoms. The van der Waals surface area contributed by atoms with Crippen LogP contribution in [0, 0.1) is 23.7 Å². The highest BCUT2D eigenvalue weighted by Crippen LogP contribution is 2.64. The maximum absolute atomic E-state index is 10.7. The van der Waals surface area contributed by atoms with Crippen LogP contribution < -0.4 is 10.1 Å². The average Bonchev–Trinajstić information content (AvgIpc) is 3.21. The van der Waals surface area contributed by atoms with Crippen LogP contribution in [-0.2, 0) is 14.5 Å². The Labute approximate surface area is 202 Å². The van der Waals surface area contributed by atoms with Gasteiger partial charge in [0.25, 0.3) is 0 Å². The zero-order valence-corrected chi connectivity index (χ0v) is 20.2. The number of hydrogen-bond donors (Lipinski definition) is 2. The van der Waals surface area contributed by atoms with Gasteiger partial charge in [-0.1, -0.05) is 12.1 Å². The fourth-order valence-corrected chi connectivity index (χ4v) is 8.35. The molecule has 6 heteroatoms. The Balaban J connectivity index is 1.01. The van der Waals surface area contributed by atoms with Crippen molar-refractivity contribution in [3.05, 3.63) is 29.8 Å². The lowest BCUT2D eigenvalue weighted by Crippen LogP contribution is -2.59. The zero-order chi connectivity index (χ0) is 22.8. The van der Waals surface area contributed by atoms with E-state index in [2.05, 4.69) is 17.4 Å². The Morgan fingerprint density at radius 3 is 2.32 bits per heavy atom. The summed E-state index contributed by atoms with van der Waals surface area (Å²) in [6.07, 6.45) is 11.9. The highest BCUT2D eigenvalue weighted by Gasteiger charge is 2.67. The van der Waals surface area contributed by atoms with Crippen LogP contribution in [-0.4, -0.2) is 42.0 Å². The lowest BCUT2D eigenvalue weighted by molar-refractivity contribution is -0.390. The van der Waals surface area contributed by atoms with Crippen LogP contribution in [0.4, 0.5) is 0 Å². The predicted octanol–water partition coefficient (Wildman–Crippen LogP) is 4.66. The number of piperidine rings is 1. The Kier molecular flexibility index (Phi) is 5.30. The second-order valence-corrected chi connectivity index (χ2v) is 12.3. The minimum Gasteiger partial charge on any atom is -0.491 e. The molecule has 8 rings (SSSR count). The van der Waals surface area contributed by atoms with E-state index in [1.165, 1.54) is 37.7 Å². The monoisotopic (exact) mass is 469 g/mol. The number of ether oxygens (including phenoxy) is 2. The Morgan fingerprint density at radius 1 is 0.912 bits per heavy atom. The molecule has 1 aromatic rings. The first-order valence-corrected chi connectivity index (χ1v) is 13.8. The molecular formula is C28H39NO5. The first-order chi connectivity index (χ1) is 16.5. The van der Waals surface area contributed by atoms with Crippen molar-refractivity contribution in [2.24, 2.45) is 23.7 Å². The van der Waals surface area contributed by atoms with Crippen molar-refractivity contribution in [1.82, 2.24) is 5.32 Å². The van der Waals surface area contributed by atoms with Gasteiger partial charge in [-0.25, -0.2) is 0 Å². The number of aliphatic hydroxyl groups is 1. The summed E-state index contributed by atoms with van der Waals surface area (Å²) >= 11 is 0. The van der Waals surface area contributed by atoms with Crippen molar-refractivity contribution in [3.8, 4) is 5.75 Å². The third-order valence-electron chi connectivity index (χ3n) is 10.0. The van der Waals surface area contributed by atoms with Gasteiger partial charge in [0.15, 0.2) is 0 Å². The van der Waals surface area contributed by atoms with E-state index in [0.29, 0.717) is 24.4 Å². The standard InChI is InChI=1S/C28H39NO5/c30-26(8-10-29-11-9-26)18-31-25-5-3-21(4-6-25)22-2-1-7-27(17-22)32-28(34-33-27)23-13-19-12-20(15-23)16-24(28)14-19/h3-6,19-20,22-24,29-30H,1-2,7-18H2/t19?,20?,22-,23?,24?,27-,28?/m1/s1. The summed E-state index contributed by atoms with van der Waals surface area (Å²) in [5, 5.41) is 14.0. The summed E-state index contributed by atoms with van der Waals surface area (Å²) in [5.74, 6) is 2.93. The topological polar surface area (TPSA) is 69.2 Å². The summed E-state index contributed by atoms with van der Waals surface area (Å²) in [4.78, 5) is 12.4. The minimum atomic E-state index is -0.718. The normalized spacial score (nSPS) is 44.7. The van der Waals surface area contributed by atoms with Crippen molar-refractivity contribution in [2.75, 3.05) is 19.7 Å². The van der Waals surface area contributed by atoms with Crippen LogP contribution in [0.15, 0.2) is 24.3 Å². The third-order valence-corrected chi connectivity index (χ3v) is 10.0. The lowest BCUT2D eigenvalue weighted by atomic mass is 9.53. The van der Waals surface area contributed by atoms with Gasteiger partial charge in [0, 0.05) is 24.7 Å². The van der Waals surface area contributed by atoms with Crippen molar-refractivity contribution in [1.29, 1.82) is 0 Å². The van der Waals surface area contributed by atoms with Gasteiger partial charge < -0.3 is 19.9 Å². The van der Waals surface area contributed by atoms with Crippen molar-refractivity contribution >= 4 is 0 Å². The first-order valence-electron chi connectivity index (χ1n) is 13.8. The van der Waals surface area contributed by atoms with Gasteiger partial charge in [-0.3, -0.25) is 0 Å². The molecule has 0 radical (unpaired) electrons. The van der Waals surface area contributed by atoms with Gasteiger partial charge in [-0.15, -0.1) is 0 Å². The van der Waals surface area contributed by atoms with Crippen molar-refractivity contribution in [3.63, 3.8) is 0 Å². The highest BCUT2D eigenvalue weighted by molar-refractivity contribution is 5.30. The van der Waals surface area contributed by atoms with E-state index < -0.39 is 17.2 Å². The van der Waals surface area contributed by atoms with Crippen LogP contribution in [0.3, 0.4) is 0 Å². The predicted molar refractivity (Wildman–Crippen MR) is 126 cm³/mol. The molecule has 2 spiro atoms. The van der Waals surface area contributed by atoms with Gasteiger partial charge in [0.2, 0.25) is 11.6 Å². The van der Waals surface area contributed by atoms with Crippen LogP contribution in [0.1, 0.15) is 82.1 Å². The van der Waals surface area contributed by atoms with Crippen LogP contribution in [0.25, 0.3) is 0 Å². The number of nitrogens with one attached hydrogen (secondary N) is 1. The summed E-state index contributed by atoms with van der Waals surface area (Å²) in [7, 11) is 0. The summed E-state index contributed by atoms with van der Waals surface area (Å²) in [6, 6.07) is 8.46. The molecule has 1 aromatic carbocycles. The molecule has 186 valence electrons. The zero-order valence-electron chi connectivity index (χ0n) is 20.2. The molecule has 2 heterocycles. The average molecular weight is 470 g/mol. The molecule has 2 saturated heterocycles. The van der Waals surface area contributed by atoms with Crippen LogP contribution in [0.5, 0.6) is 5.75 Å². The molecule has 0 amide bonds. The van der Waals surface area contributed by atoms with E-state index >= 15 is 0 Å². The molecule has 0 unspecified atom stereocenters. The summed E-state index contributed by atoms with van der Waals surface area (Å²) < 4.78 is 12.9. The maximum Gasteiger partial charge on any atom is 0.210 e. The second-order valence-electron chi connectivity index (χ2n) is 12.3. The highest BCUT2D eigenvalue weighted by atomic mass is 17.3. The molecule has 2 N–H and O–H groups in total. The minimum absolute atomic E-state index is 0.353. The molecule has 2 aliphatic heterocycles. The Morgan fingerprint density at radius 2 is 1.62 bits per heavy atom. The lowest BCUT2D eigenvalue weighted by Gasteiger charge is -2.57. The number of hydrogen-bond acceptors (Lipinski definition) is 6. The molecule has 5 saturated carbocycles. The molecule has 34 heavy (non-hydrogen) atoms. The van der Waals surface area contributed by atoms with Crippen molar-refractivity contribution < 1.29 is 24.4 Å². The second kappa shape index (κ2) is 8.17. The summed E-state index contributed by atoms with van der Waals surface area (Å²) in [6.45, 7) is 2.05.